The Labute approximate surface area is 163 Å². The van der Waals surface area contributed by atoms with Gasteiger partial charge >= 0.3 is 0 Å². The molecule has 27 heavy (non-hydrogen) atoms. The van der Waals surface area contributed by atoms with Gasteiger partial charge in [0.25, 0.3) is 0 Å². The molecule has 1 aliphatic heterocycles. The van der Waals surface area contributed by atoms with E-state index in [-0.39, 0.29) is 6.04 Å². The van der Waals surface area contributed by atoms with Crippen molar-refractivity contribution in [3.05, 3.63) is 107 Å². The van der Waals surface area contributed by atoms with E-state index < -0.39 is 0 Å². The second-order valence-electron chi connectivity index (χ2n) is 7.26. The molecule has 2 aromatic carbocycles. The summed E-state index contributed by atoms with van der Waals surface area (Å²) in [4.78, 5) is 2.34. The third-order valence-corrected chi connectivity index (χ3v) is 5.09. The lowest BCUT2D eigenvalue weighted by atomic mass is 9.95. The number of allylic oxidation sites excluding steroid dienone is 4. The maximum absolute atomic E-state index is 6.48. The van der Waals surface area contributed by atoms with Gasteiger partial charge in [-0.15, -0.1) is 0 Å². The van der Waals surface area contributed by atoms with E-state index in [2.05, 4.69) is 85.3 Å². The van der Waals surface area contributed by atoms with Crippen molar-refractivity contribution in [3.63, 3.8) is 0 Å². The first-order chi connectivity index (χ1) is 13.2. The maximum Gasteiger partial charge on any atom is 0.0377 e. The van der Waals surface area contributed by atoms with Gasteiger partial charge in [0.05, 0.1) is 0 Å². The van der Waals surface area contributed by atoms with Gasteiger partial charge in [-0.2, -0.15) is 0 Å². The molecule has 1 unspecified atom stereocenters. The molecular formula is C25H30N2. The number of nitrogens with zero attached hydrogens (tertiary/aromatic N) is 1. The van der Waals surface area contributed by atoms with Gasteiger partial charge in [-0.25, -0.2) is 0 Å². The third-order valence-electron chi connectivity index (χ3n) is 5.09. The van der Waals surface area contributed by atoms with Crippen LogP contribution in [0.1, 0.15) is 30.9 Å². The molecule has 2 aromatic rings. The lowest BCUT2D eigenvalue weighted by Crippen LogP contribution is -2.37. The summed E-state index contributed by atoms with van der Waals surface area (Å²) in [5.74, 6) is 0. The first-order valence-corrected chi connectivity index (χ1v) is 9.86. The van der Waals surface area contributed by atoms with Crippen molar-refractivity contribution in [2.24, 2.45) is 5.73 Å². The predicted molar refractivity (Wildman–Crippen MR) is 115 cm³/mol. The second-order valence-corrected chi connectivity index (χ2v) is 7.26. The van der Waals surface area contributed by atoms with Crippen LogP contribution in [0.4, 0.5) is 0 Å². The summed E-state index contributed by atoms with van der Waals surface area (Å²) in [5, 5.41) is 0. The van der Waals surface area contributed by atoms with Gasteiger partial charge < -0.3 is 10.6 Å². The first-order valence-electron chi connectivity index (χ1n) is 9.86. The van der Waals surface area contributed by atoms with Crippen molar-refractivity contribution in [3.8, 4) is 0 Å². The first kappa shape index (κ1) is 19.2. The second kappa shape index (κ2) is 9.38. The van der Waals surface area contributed by atoms with E-state index >= 15 is 0 Å². The number of nitrogens with two attached hydrogens (primary N) is 1. The van der Waals surface area contributed by atoms with Gasteiger partial charge in [-0.3, -0.25) is 0 Å². The molecule has 0 bridgehead atoms. The van der Waals surface area contributed by atoms with E-state index in [4.69, 9.17) is 5.73 Å². The Balaban J connectivity index is 1.66. The monoisotopic (exact) mass is 358 g/mol. The zero-order valence-corrected chi connectivity index (χ0v) is 16.3. The molecule has 1 heterocycles. The van der Waals surface area contributed by atoms with Crippen molar-refractivity contribution in [2.45, 2.75) is 38.6 Å². The molecule has 3 rings (SSSR count). The van der Waals surface area contributed by atoms with Gasteiger partial charge in [0, 0.05) is 24.5 Å². The van der Waals surface area contributed by atoms with Gasteiger partial charge in [-0.1, -0.05) is 74.2 Å². The predicted octanol–water partition coefficient (Wildman–Crippen LogP) is 5.24. The van der Waals surface area contributed by atoms with E-state index in [0.717, 1.165) is 37.8 Å². The Bertz CT molecular complexity index is 803. The summed E-state index contributed by atoms with van der Waals surface area (Å²) in [7, 11) is 0. The van der Waals surface area contributed by atoms with Crippen molar-refractivity contribution in [2.75, 3.05) is 6.54 Å². The minimum Gasteiger partial charge on any atom is -0.350 e. The smallest absolute Gasteiger partial charge is 0.0377 e. The molecule has 1 atom stereocenters. The van der Waals surface area contributed by atoms with Crippen LogP contribution in [0.3, 0.4) is 0 Å². The van der Waals surface area contributed by atoms with Gasteiger partial charge in [0.1, 0.15) is 0 Å². The topological polar surface area (TPSA) is 29.3 Å². The Hall–Kier alpha value is -2.58. The summed E-state index contributed by atoms with van der Waals surface area (Å²) in [6, 6.07) is 21.2. The summed E-state index contributed by atoms with van der Waals surface area (Å²) in [6.45, 7) is 7.31. The maximum atomic E-state index is 6.48. The minimum atomic E-state index is 0.0975. The Morgan fingerprint density at radius 3 is 2.19 bits per heavy atom. The molecule has 0 saturated carbocycles. The van der Waals surface area contributed by atoms with Crippen LogP contribution in [0.15, 0.2) is 96.4 Å². The molecular weight excluding hydrogens is 328 g/mol. The lowest BCUT2D eigenvalue weighted by molar-refractivity contribution is 0.399. The third kappa shape index (κ3) is 5.45. The van der Waals surface area contributed by atoms with Crippen LogP contribution in [0, 0.1) is 0 Å². The fourth-order valence-electron chi connectivity index (χ4n) is 3.59. The Morgan fingerprint density at radius 2 is 1.56 bits per heavy atom. The highest BCUT2D eigenvalue weighted by Gasteiger charge is 2.18. The van der Waals surface area contributed by atoms with Crippen LogP contribution in [0.5, 0.6) is 0 Å². The zero-order chi connectivity index (χ0) is 19.1. The highest BCUT2D eigenvalue weighted by atomic mass is 15.1. The fraction of sp³-hybridized carbons (Fsp3) is 0.280. The molecule has 0 amide bonds. The van der Waals surface area contributed by atoms with Crippen molar-refractivity contribution < 1.29 is 0 Å². The molecule has 1 aliphatic rings. The van der Waals surface area contributed by atoms with Crippen molar-refractivity contribution in [1.29, 1.82) is 0 Å². The SMILES string of the molecule is C=C1C=C(CC)N(CC(N)Cc2ccccc2)C=C1CCc1ccccc1. The summed E-state index contributed by atoms with van der Waals surface area (Å²) < 4.78 is 0. The highest BCUT2D eigenvalue weighted by molar-refractivity contribution is 5.43. The zero-order valence-electron chi connectivity index (χ0n) is 16.3. The summed E-state index contributed by atoms with van der Waals surface area (Å²) >= 11 is 0. The Morgan fingerprint density at radius 1 is 0.926 bits per heavy atom. The van der Waals surface area contributed by atoms with Gasteiger partial charge in [-0.05, 0) is 54.0 Å². The average Bonchev–Trinajstić information content (AvgIpc) is 2.69. The van der Waals surface area contributed by atoms with E-state index in [9.17, 15) is 0 Å². The van der Waals surface area contributed by atoms with Crippen LogP contribution in [0.2, 0.25) is 0 Å². The quantitative estimate of drug-likeness (QED) is 0.699. The Kier molecular flexibility index (Phi) is 6.67. The lowest BCUT2D eigenvalue weighted by Gasteiger charge is -2.31. The van der Waals surface area contributed by atoms with Crippen LogP contribution in [-0.2, 0) is 12.8 Å². The largest absolute Gasteiger partial charge is 0.350 e. The molecule has 140 valence electrons. The number of aryl methyl sites for hydroxylation is 1. The standard InChI is InChI=1S/C25H30N2/c1-3-25-16-20(2)23(15-14-21-10-6-4-7-11-21)18-27(25)19-24(26)17-22-12-8-5-9-13-22/h4-13,16,18,24H,2-3,14-15,17,19,26H2,1H3. The molecule has 2 heteroatoms. The number of hydrogen-bond acceptors (Lipinski definition) is 2. The van der Waals surface area contributed by atoms with Gasteiger partial charge in [0.15, 0.2) is 0 Å². The van der Waals surface area contributed by atoms with Crippen LogP contribution in [0.25, 0.3) is 0 Å². The molecule has 0 aliphatic carbocycles. The molecule has 0 spiro atoms. The summed E-state index contributed by atoms with van der Waals surface area (Å²) in [6.07, 6.45) is 8.41. The summed E-state index contributed by atoms with van der Waals surface area (Å²) in [5.41, 5.74) is 12.9. The molecule has 0 fully saturated rings. The van der Waals surface area contributed by atoms with Gasteiger partial charge in [0.2, 0.25) is 0 Å². The van der Waals surface area contributed by atoms with E-state index in [0.29, 0.717) is 0 Å². The van der Waals surface area contributed by atoms with Crippen LogP contribution < -0.4 is 5.73 Å². The fourth-order valence-corrected chi connectivity index (χ4v) is 3.59. The van der Waals surface area contributed by atoms with E-state index in [1.807, 2.05) is 6.07 Å². The van der Waals surface area contributed by atoms with E-state index in [1.165, 1.54) is 22.4 Å². The van der Waals surface area contributed by atoms with E-state index in [1.54, 1.807) is 0 Å². The average molecular weight is 359 g/mol. The number of hydrogen-bond donors (Lipinski definition) is 1. The molecule has 0 radical (unpaired) electrons. The van der Waals surface area contributed by atoms with Crippen molar-refractivity contribution >= 4 is 0 Å². The minimum absolute atomic E-state index is 0.0975. The molecule has 0 saturated heterocycles. The number of rotatable bonds is 8. The normalized spacial score (nSPS) is 15.3. The number of benzene rings is 2. The molecule has 2 nitrogen and oxygen atoms in total. The van der Waals surface area contributed by atoms with Crippen LogP contribution >= 0.6 is 0 Å². The molecule has 2 N–H and O–H groups in total. The highest BCUT2D eigenvalue weighted by Crippen LogP contribution is 2.27. The van der Waals surface area contributed by atoms with Crippen molar-refractivity contribution in [1.82, 2.24) is 4.90 Å². The van der Waals surface area contributed by atoms with Crippen LogP contribution in [-0.4, -0.2) is 17.5 Å². The molecule has 0 aromatic heterocycles.